The Morgan fingerprint density at radius 2 is 1.94 bits per heavy atom. The van der Waals surface area contributed by atoms with Crippen LogP contribution in [-0.2, 0) is 18.4 Å². The van der Waals surface area contributed by atoms with Crippen molar-refractivity contribution in [1.82, 2.24) is 0 Å². The summed E-state index contributed by atoms with van der Waals surface area (Å²) in [7, 11) is -1.95. The number of carbonyl (C=O) groups is 1. The Kier molecular flexibility index (Phi) is 8.22. The van der Waals surface area contributed by atoms with E-state index in [9.17, 15) is 9.36 Å². The summed E-state index contributed by atoms with van der Waals surface area (Å²) in [6.45, 7) is 5.38. The van der Waals surface area contributed by atoms with E-state index in [0.717, 1.165) is 31.8 Å². The number of carbonyl (C=O) groups excluding carboxylic acids is 1. The van der Waals surface area contributed by atoms with Gasteiger partial charge in [0.25, 0.3) is 0 Å². The Hall–Kier alpha value is -0.600. The molecule has 1 unspecified atom stereocenters. The molecule has 0 aliphatic rings. The van der Waals surface area contributed by atoms with Gasteiger partial charge in [0.1, 0.15) is 0 Å². The molecule has 0 aromatic carbocycles. The Bertz CT molecular complexity index is 263. The van der Waals surface area contributed by atoms with Crippen LogP contribution in [0.2, 0.25) is 0 Å². The van der Waals surface area contributed by atoms with E-state index in [-0.39, 0.29) is 6.16 Å². The molecule has 0 aromatic heterocycles. The van der Waals surface area contributed by atoms with Crippen LogP contribution in [0.15, 0.2) is 12.7 Å². The maximum atomic E-state index is 11.9. The van der Waals surface area contributed by atoms with Gasteiger partial charge in [-0.2, -0.15) is 0 Å². The van der Waals surface area contributed by atoms with E-state index in [0.29, 0.717) is 0 Å². The molecule has 0 saturated carbocycles. The van der Waals surface area contributed by atoms with Gasteiger partial charge in [-0.1, -0.05) is 39.2 Å². The zero-order valence-corrected chi connectivity index (χ0v) is 11.0. The lowest BCUT2D eigenvalue weighted by molar-refractivity contribution is -0.129. The van der Waals surface area contributed by atoms with Gasteiger partial charge in [0.2, 0.25) is 0 Å². The molecule has 5 heteroatoms. The molecule has 4 nitrogen and oxygen atoms in total. The third kappa shape index (κ3) is 6.81. The fourth-order valence-corrected chi connectivity index (χ4v) is 2.57. The largest absolute Gasteiger partial charge is 0.388 e. The zero-order chi connectivity index (χ0) is 12.4. The summed E-state index contributed by atoms with van der Waals surface area (Å²) < 4.78 is 21.4. The average Bonchev–Trinajstić information content (AvgIpc) is 2.28. The van der Waals surface area contributed by atoms with Gasteiger partial charge < -0.3 is 9.05 Å². The quantitative estimate of drug-likeness (QED) is 0.356. The molecule has 0 heterocycles. The number of unbranched alkanes of at least 4 members (excludes halogenated alkanes) is 4. The highest BCUT2D eigenvalue weighted by Gasteiger charge is 2.25. The summed E-state index contributed by atoms with van der Waals surface area (Å²) in [5.41, 5.74) is 0. The summed E-state index contributed by atoms with van der Waals surface area (Å²) in [6.07, 6.45) is 6.44. The highest BCUT2D eigenvalue weighted by atomic mass is 31.2. The molecule has 16 heavy (non-hydrogen) atoms. The van der Waals surface area contributed by atoms with Crippen molar-refractivity contribution in [2.45, 2.75) is 39.0 Å². The van der Waals surface area contributed by atoms with Gasteiger partial charge in [0.05, 0.1) is 6.16 Å². The molecule has 0 bridgehead atoms. The maximum Gasteiger partial charge on any atom is 0.381 e. The van der Waals surface area contributed by atoms with Crippen LogP contribution >= 0.6 is 7.60 Å². The van der Waals surface area contributed by atoms with E-state index in [1.807, 2.05) is 0 Å². The van der Waals surface area contributed by atoms with Crippen molar-refractivity contribution < 1.29 is 18.4 Å². The zero-order valence-electron chi connectivity index (χ0n) is 10.1. The third-order valence-corrected chi connectivity index (χ3v) is 4.09. The highest BCUT2D eigenvalue weighted by molar-refractivity contribution is 7.54. The predicted octanol–water partition coefficient (Wildman–Crippen LogP) is 3.53. The number of hydrogen-bond acceptors (Lipinski definition) is 4. The summed E-state index contributed by atoms with van der Waals surface area (Å²) in [6, 6.07) is 0. The molecule has 0 spiro atoms. The van der Waals surface area contributed by atoms with Gasteiger partial charge in [-0.05, 0) is 6.42 Å². The minimum atomic E-state index is -3.24. The summed E-state index contributed by atoms with van der Waals surface area (Å²) >= 11 is 0. The molecule has 94 valence electrons. The molecule has 0 rings (SSSR count). The second-order valence-corrected chi connectivity index (χ2v) is 5.76. The average molecular weight is 248 g/mol. The van der Waals surface area contributed by atoms with Crippen LogP contribution in [-0.4, -0.2) is 19.2 Å². The Labute approximate surface area is 97.6 Å². The molecule has 0 N–H and O–H groups in total. The van der Waals surface area contributed by atoms with E-state index < -0.39 is 13.6 Å². The molecular weight excluding hydrogens is 227 g/mol. The van der Waals surface area contributed by atoms with E-state index in [2.05, 4.69) is 13.5 Å². The molecule has 1 atom stereocenters. The van der Waals surface area contributed by atoms with E-state index in [4.69, 9.17) is 9.05 Å². The monoisotopic (exact) mass is 248 g/mol. The van der Waals surface area contributed by atoms with Crippen LogP contribution < -0.4 is 0 Å². The SMILES string of the molecule is C=CC(=O)OP(=O)(CCCCCCC)OC. The van der Waals surface area contributed by atoms with Crippen molar-refractivity contribution in [3.8, 4) is 0 Å². The smallest absolute Gasteiger partial charge is 0.381 e. The first-order chi connectivity index (χ1) is 7.58. The normalized spacial score (nSPS) is 14.1. The molecule has 0 fully saturated rings. The minimum absolute atomic E-state index is 0.285. The van der Waals surface area contributed by atoms with Gasteiger partial charge in [-0.15, -0.1) is 0 Å². The molecule has 0 aliphatic carbocycles. The molecular formula is C11H21O4P. The lowest BCUT2D eigenvalue weighted by atomic mass is 10.2. The third-order valence-electron chi connectivity index (χ3n) is 2.21. The van der Waals surface area contributed by atoms with Crippen molar-refractivity contribution in [2.24, 2.45) is 0 Å². The van der Waals surface area contributed by atoms with E-state index >= 15 is 0 Å². The van der Waals surface area contributed by atoms with Gasteiger partial charge in [-0.25, -0.2) is 9.36 Å². The van der Waals surface area contributed by atoms with Gasteiger partial charge in [0.15, 0.2) is 0 Å². The first-order valence-electron chi connectivity index (χ1n) is 5.58. The van der Waals surface area contributed by atoms with Crippen molar-refractivity contribution in [2.75, 3.05) is 13.3 Å². The van der Waals surface area contributed by atoms with Crippen LogP contribution in [0.5, 0.6) is 0 Å². The maximum absolute atomic E-state index is 11.9. The molecule has 0 radical (unpaired) electrons. The fourth-order valence-electron chi connectivity index (χ4n) is 1.26. The second-order valence-electron chi connectivity index (χ2n) is 3.55. The van der Waals surface area contributed by atoms with Crippen LogP contribution in [0.4, 0.5) is 0 Å². The van der Waals surface area contributed by atoms with Crippen LogP contribution in [0, 0.1) is 0 Å². The van der Waals surface area contributed by atoms with Gasteiger partial charge in [-0.3, -0.25) is 0 Å². The Morgan fingerprint density at radius 1 is 1.31 bits per heavy atom. The number of hydrogen-bond donors (Lipinski definition) is 0. The number of rotatable bonds is 9. The standard InChI is InChI=1S/C11H21O4P/c1-4-6-7-8-9-10-16(13,14-3)15-11(12)5-2/h5H,2,4,6-10H2,1,3H3. The van der Waals surface area contributed by atoms with Crippen LogP contribution in [0.1, 0.15) is 39.0 Å². The summed E-state index contributed by atoms with van der Waals surface area (Å²) in [5, 5.41) is 0. The molecule has 0 aromatic rings. The van der Waals surface area contributed by atoms with Crippen molar-refractivity contribution in [1.29, 1.82) is 0 Å². The molecule has 0 saturated heterocycles. The fraction of sp³-hybridized carbons (Fsp3) is 0.727. The Morgan fingerprint density at radius 3 is 2.44 bits per heavy atom. The lowest BCUT2D eigenvalue weighted by Gasteiger charge is -2.14. The van der Waals surface area contributed by atoms with Crippen molar-refractivity contribution in [3.63, 3.8) is 0 Å². The van der Waals surface area contributed by atoms with Gasteiger partial charge in [0, 0.05) is 13.2 Å². The first kappa shape index (κ1) is 15.4. The van der Waals surface area contributed by atoms with Gasteiger partial charge >= 0.3 is 13.6 Å². The molecule has 0 aliphatic heterocycles. The van der Waals surface area contributed by atoms with Crippen LogP contribution in [0.3, 0.4) is 0 Å². The van der Waals surface area contributed by atoms with Crippen LogP contribution in [0.25, 0.3) is 0 Å². The first-order valence-corrected chi connectivity index (χ1v) is 7.31. The van der Waals surface area contributed by atoms with E-state index in [1.165, 1.54) is 13.5 Å². The summed E-state index contributed by atoms with van der Waals surface area (Å²) in [4.78, 5) is 10.9. The van der Waals surface area contributed by atoms with Crippen molar-refractivity contribution >= 4 is 13.6 Å². The van der Waals surface area contributed by atoms with Crippen molar-refractivity contribution in [3.05, 3.63) is 12.7 Å². The minimum Gasteiger partial charge on any atom is -0.388 e. The van der Waals surface area contributed by atoms with E-state index in [1.54, 1.807) is 0 Å². The summed E-state index contributed by atoms with van der Waals surface area (Å²) in [5.74, 6) is -0.696. The lowest BCUT2D eigenvalue weighted by Crippen LogP contribution is -2.03. The topological polar surface area (TPSA) is 52.6 Å². The highest BCUT2D eigenvalue weighted by Crippen LogP contribution is 2.48. The molecule has 0 amide bonds. The second kappa shape index (κ2) is 8.54. The predicted molar refractivity (Wildman–Crippen MR) is 64.5 cm³/mol. The Balaban J connectivity index is 3.92.